The SMILES string of the molecule is NCC1(CNCc2csc3ccccc23)COC1. The molecule has 3 rings (SSSR count). The minimum atomic E-state index is 0.172. The van der Waals surface area contributed by atoms with Crippen LogP contribution in [0.5, 0.6) is 0 Å². The smallest absolute Gasteiger partial charge is 0.0569 e. The molecule has 1 aliphatic rings. The lowest BCUT2D eigenvalue weighted by Gasteiger charge is -2.40. The van der Waals surface area contributed by atoms with E-state index < -0.39 is 0 Å². The molecule has 1 aromatic carbocycles. The molecule has 4 heteroatoms. The van der Waals surface area contributed by atoms with Gasteiger partial charge in [0.2, 0.25) is 0 Å². The lowest BCUT2D eigenvalue weighted by molar-refractivity contribution is -0.105. The van der Waals surface area contributed by atoms with Crippen molar-refractivity contribution in [1.29, 1.82) is 0 Å². The van der Waals surface area contributed by atoms with Crippen LogP contribution in [0, 0.1) is 5.41 Å². The second-order valence-corrected chi connectivity index (χ2v) is 5.97. The largest absolute Gasteiger partial charge is 0.380 e. The Morgan fingerprint density at radius 3 is 2.89 bits per heavy atom. The van der Waals surface area contributed by atoms with E-state index in [9.17, 15) is 0 Å². The first-order valence-corrected chi connectivity index (χ1v) is 7.15. The van der Waals surface area contributed by atoms with Crippen molar-refractivity contribution in [3.63, 3.8) is 0 Å². The van der Waals surface area contributed by atoms with E-state index in [1.165, 1.54) is 15.6 Å². The topological polar surface area (TPSA) is 47.3 Å². The van der Waals surface area contributed by atoms with Crippen LogP contribution in [-0.4, -0.2) is 26.3 Å². The molecule has 3 nitrogen and oxygen atoms in total. The van der Waals surface area contributed by atoms with Crippen molar-refractivity contribution in [1.82, 2.24) is 5.32 Å². The van der Waals surface area contributed by atoms with Crippen molar-refractivity contribution in [2.45, 2.75) is 6.54 Å². The summed E-state index contributed by atoms with van der Waals surface area (Å²) in [6, 6.07) is 8.55. The van der Waals surface area contributed by atoms with Crippen LogP contribution in [0.2, 0.25) is 0 Å². The van der Waals surface area contributed by atoms with Gasteiger partial charge in [0.05, 0.1) is 13.2 Å². The molecule has 0 radical (unpaired) electrons. The molecule has 3 N–H and O–H groups in total. The molecule has 0 amide bonds. The van der Waals surface area contributed by atoms with Gasteiger partial charge in [-0.05, 0) is 22.4 Å². The van der Waals surface area contributed by atoms with Gasteiger partial charge in [0.1, 0.15) is 0 Å². The number of nitrogens with one attached hydrogen (secondary N) is 1. The van der Waals surface area contributed by atoms with Gasteiger partial charge in [-0.25, -0.2) is 0 Å². The van der Waals surface area contributed by atoms with Gasteiger partial charge in [-0.15, -0.1) is 11.3 Å². The molecule has 1 fully saturated rings. The maximum absolute atomic E-state index is 5.80. The third kappa shape index (κ3) is 2.17. The van der Waals surface area contributed by atoms with Crippen LogP contribution in [0.4, 0.5) is 0 Å². The highest BCUT2D eigenvalue weighted by atomic mass is 32.1. The molecule has 0 unspecified atom stereocenters. The van der Waals surface area contributed by atoms with E-state index >= 15 is 0 Å². The summed E-state index contributed by atoms with van der Waals surface area (Å²) in [7, 11) is 0. The van der Waals surface area contributed by atoms with Gasteiger partial charge in [-0.2, -0.15) is 0 Å². The summed E-state index contributed by atoms with van der Waals surface area (Å²) < 4.78 is 6.63. The Morgan fingerprint density at radius 2 is 2.17 bits per heavy atom. The molecule has 0 saturated carbocycles. The summed E-state index contributed by atoms with van der Waals surface area (Å²) in [5, 5.41) is 7.12. The van der Waals surface area contributed by atoms with Crippen LogP contribution in [-0.2, 0) is 11.3 Å². The number of rotatable bonds is 5. The van der Waals surface area contributed by atoms with Gasteiger partial charge in [-0.1, -0.05) is 18.2 Å². The van der Waals surface area contributed by atoms with Gasteiger partial charge < -0.3 is 15.8 Å². The molecule has 18 heavy (non-hydrogen) atoms. The fourth-order valence-electron chi connectivity index (χ4n) is 2.31. The molecule has 1 aliphatic heterocycles. The normalized spacial score (nSPS) is 17.8. The average Bonchev–Trinajstić information content (AvgIpc) is 2.76. The van der Waals surface area contributed by atoms with E-state index in [2.05, 4.69) is 35.0 Å². The predicted molar refractivity (Wildman–Crippen MR) is 75.8 cm³/mol. The molecule has 2 heterocycles. The quantitative estimate of drug-likeness (QED) is 0.866. The molecule has 2 aromatic rings. The second-order valence-electron chi connectivity index (χ2n) is 5.06. The minimum absolute atomic E-state index is 0.172. The highest BCUT2D eigenvalue weighted by Crippen LogP contribution is 2.27. The van der Waals surface area contributed by atoms with E-state index in [0.29, 0.717) is 6.54 Å². The molecule has 1 aromatic heterocycles. The Hall–Kier alpha value is -0.940. The number of fused-ring (bicyclic) bond motifs is 1. The standard InChI is InChI=1S/C14H18N2OS/c15-7-14(9-17-10-14)8-16-5-11-6-18-13-4-2-1-3-12(11)13/h1-4,6,16H,5,7-10,15H2. The number of hydrogen-bond acceptors (Lipinski definition) is 4. The first kappa shape index (κ1) is 12.1. The monoisotopic (exact) mass is 262 g/mol. The number of thiophene rings is 1. The zero-order chi connectivity index (χ0) is 12.4. The molecular formula is C14H18N2OS. The van der Waals surface area contributed by atoms with Gasteiger partial charge in [-0.3, -0.25) is 0 Å². The van der Waals surface area contributed by atoms with Crippen LogP contribution in [0.1, 0.15) is 5.56 Å². The first-order valence-electron chi connectivity index (χ1n) is 6.27. The van der Waals surface area contributed by atoms with Crippen molar-refractivity contribution in [2.24, 2.45) is 11.1 Å². The van der Waals surface area contributed by atoms with E-state index in [1.54, 1.807) is 0 Å². The Balaban J connectivity index is 1.63. The third-order valence-corrected chi connectivity index (χ3v) is 4.64. The molecule has 96 valence electrons. The summed E-state index contributed by atoms with van der Waals surface area (Å²) >= 11 is 1.81. The zero-order valence-electron chi connectivity index (χ0n) is 10.3. The van der Waals surface area contributed by atoms with Gasteiger partial charge >= 0.3 is 0 Å². The van der Waals surface area contributed by atoms with E-state index in [4.69, 9.17) is 10.5 Å². The summed E-state index contributed by atoms with van der Waals surface area (Å²) in [6.45, 7) is 4.13. The van der Waals surface area contributed by atoms with Gasteiger partial charge in [0, 0.05) is 29.7 Å². The van der Waals surface area contributed by atoms with E-state index in [1.807, 2.05) is 11.3 Å². The number of benzene rings is 1. The van der Waals surface area contributed by atoms with Crippen LogP contribution >= 0.6 is 11.3 Å². The Morgan fingerprint density at radius 1 is 1.33 bits per heavy atom. The number of nitrogens with two attached hydrogens (primary N) is 1. The lowest BCUT2D eigenvalue weighted by atomic mass is 9.86. The maximum Gasteiger partial charge on any atom is 0.0569 e. The van der Waals surface area contributed by atoms with Gasteiger partial charge in [0.15, 0.2) is 0 Å². The Kier molecular flexibility index (Phi) is 3.35. The van der Waals surface area contributed by atoms with Crippen LogP contribution < -0.4 is 11.1 Å². The summed E-state index contributed by atoms with van der Waals surface area (Å²) in [6.07, 6.45) is 0. The lowest BCUT2D eigenvalue weighted by Crippen LogP contribution is -2.54. The van der Waals surface area contributed by atoms with E-state index in [0.717, 1.165) is 26.3 Å². The minimum Gasteiger partial charge on any atom is -0.380 e. The predicted octanol–water partition coefficient (Wildman–Crippen LogP) is 1.97. The average molecular weight is 262 g/mol. The zero-order valence-corrected chi connectivity index (χ0v) is 11.1. The molecule has 1 saturated heterocycles. The fraction of sp³-hybridized carbons (Fsp3) is 0.429. The number of ether oxygens (including phenoxy) is 1. The van der Waals surface area contributed by atoms with Crippen molar-refractivity contribution < 1.29 is 4.74 Å². The maximum atomic E-state index is 5.80. The highest BCUT2D eigenvalue weighted by molar-refractivity contribution is 7.17. The second kappa shape index (κ2) is 4.97. The van der Waals surface area contributed by atoms with Crippen molar-refractivity contribution in [2.75, 3.05) is 26.3 Å². The van der Waals surface area contributed by atoms with Crippen molar-refractivity contribution >= 4 is 21.4 Å². The molecular weight excluding hydrogens is 244 g/mol. The summed E-state index contributed by atoms with van der Waals surface area (Å²) in [5.41, 5.74) is 7.35. The third-order valence-electron chi connectivity index (χ3n) is 3.63. The highest BCUT2D eigenvalue weighted by Gasteiger charge is 2.36. The molecule has 0 spiro atoms. The van der Waals surface area contributed by atoms with Crippen molar-refractivity contribution in [3.8, 4) is 0 Å². The van der Waals surface area contributed by atoms with E-state index in [-0.39, 0.29) is 5.41 Å². The number of hydrogen-bond donors (Lipinski definition) is 2. The van der Waals surface area contributed by atoms with Crippen LogP contribution in [0.3, 0.4) is 0 Å². The molecule has 0 bridgehead atoms. The summed E-state index contributed by atoms with van der Waals surface area (Å²) in [5.74, 6) is 0. The molecule has 0 aliphatic carbocycles. The Labute approximate surface area is 111 Å². The fourth-order valence-corrected chi connectivity index (χ4v) is 3.28. The van der Waals surface area contributed by atoms with Gasteiger partial charge in [0.25, 0.3) is 0 Å². The van der Waals surface area contributed by atoms with Crippen LogP contribution in [0.25, 0.3) is 10.1 Å². The summed E-state index contributed by atoms with van der Waals surface area (Å²) in [4.78, 5) is 0. The van der Waals surface area contributed by atoms with Crippen molar-refractivity contribution in [3.05, 3.63) is 35.2 Å². The van der Waals surface area contributed by atoms with Crippen LogP contribution in [0.15, 0.2) is 29.6 Å². The first-order chi connectivity index (χ1) is 8.83. The Bertz CT molecular complexity index is 528. The molecule has 0 atom stereocenters.